The summed E-state index contributed by atoms with van der Waals surface area (Å²) in [5.41, 5.74) is 5.35. The molecule has 0 fully saturated rings. The topological polar surface area (TPSA) is 94.8 Å². The molecule has 152 valence electrons. The molecule has 0 spiro atoms. The number of carbonyl (C=O) groups excluding carboxylic acids is 1. The van der Waals surface area contributed by atoms with Crippen LogP contribution >= 0.6 is 0 Å². The molecule has 0 radical (unpaired) electrons. The van der Waals surface area contributed by atoms with E-state index in [4.69, 9.17) is 9.72 Å². The van der Waals surface area contributed by atoms with Crippen LogP contribution in [0.2, 0.25) is 0 Å². The maximum Gasteiger partial charge on any atom is 0.224 e. The first-order valence-electron chi connectivity index (χ1n) is 9.60. The Morgan fingerprint density at radius 2 is 2.00 bits per heavy atom. The standard InChI is InChI=1S/C22H22N6O2/c1-5-22(29)27-18-9-14-15(19-12-23-13(2)11-24-19)8-17(20-6-7-25-28(20)3)26-16(14)10-21(18)30-4/h6-12H,5H2,1-4H3,(H,27,29). The Bertz CT molecular complexity index is 1230. The molecule has 4 rings (SSSR count). The van der Waals surface area contributed by atoms with Crippen LogP contribution in [-0.2, 0) is 11.8 Å². The van der Waals surface area contributed by atoms with E-state index in [1.807, 2.05) is 38.2 Å². The molecule has 0 unspecified atom stereocenters. The van der Waals surface area contributed by atoms with E-state index in [-0.39, 0.29) is 5.91 Å². The number of hydrogen-bond donors (Lipinski definition) is 1. The van der Waals surface area contributed by atoms with Crippen LogP contribution in [0.3, 0.4) is 0 Å². The fourth-order valence-electron chi connectivity index (χ4n) is 3.26. The van der Waals surface area contributed by atoms with Crippen molar-refractivity contribution >= 4 is 22.5 Å². The van der Waals surface area contributed by atoms with Crippen LogP contribution in [0.5, 0.6) is 5.75 Å². The van der Waals surface area contributed by atoms with Crippen molar-refractivity contribution in [3.63, 3.8) is 0 Å². The lowest BCUT2D eigenvalue weighted by Gasteiger charge is -2.15. The number of aromatic nitrogens is 5. The van der Waals surface area contributed by atoms with Crippen LogP contribution in [0.1, 0.15) is 19.0 Å². The van der Waals surface area contributed by atoms with Gasteiger partial charge in [-0.1, -0.05) is 6.92 Å². The van der Waals surface area contributed by atoms with Gasteiger partial charge in [0.15, 0.2) is 0 Å². The van der Waals surface area contributed by atoms with Gasteiger partial charge in [0.05, 0.1) is 47.3 Å². The average molecular weight is 402 g/mol. The summed E-state index contributed by atoms with van der Waals surface area (Å²) in [5.74, 6) is 0.448. The van der Waals surface area contributed by atoms with Crippen molar-refractivity contribution in [2.45, 2.75) is 20.3 Å². The number of anilines is 1. The lowest BCUT2D eigenvalue weighted by Crippen LogP contribution is -2.10. The van der Waals surface area contributed by atoms with Crippen molar-refractivity contribution in [3.8, 4) is 28.4 Å². The van der Waals surface area contributed by atoms with Gasteiger partial charge in [-0.3, -0.25) is 19.4 Å². The minimum absolute atomic E-state index is 0.0937. The number of nitrogens with zero attached hydrogens (tertiary/aromatic N) is 5. The molecule has 1 amide bonds. The summed E-state index contributed by atoms with van der Waals surface area (Å²) in [5, 5.41) is 7.99. The largest absolute Gasteiger partial charge is 0.494 e. The monoisotopic (exact) mass is 402 g/mol. The second-order valence-electron chi connectivity index (χ2n) is 6.91. The summed E-state index contributed by atoms with van der Waals surface area (Å²) in [6, 6.07) is 7.58. The van der Waals surface area contributed by atoms with Crippen molar-refractivity contribution in [1.29, 1.82) is 0 Å². The molecule has 0 atom stereocenters. The number of rotatable bonds is 5. The molecule has 4 aromatic rings. The summed E-state index contributed by atoms with van der Waals surface area (Å²) >= 11 is 0. The minimum atomic E-state index is -0.0937. The molecule has 1 aromatic carbocycles. The fourth-order valence-corrected chi connectivity index (χ4v) is 3.26. The SMILES string of the molecule is CCC(=O)Nc1cc2c(-c3cnc(C)cn3)cc(-c3ccnn3C)nc2cc1OC. The van der Waals surface area contributed by atoms with Crippen molar-refractivity contribution in [2.75, 3.05) is 12.4 Å². The van der Waals surface area contributed by atoms with Gasteiger partial charge in [-0.05, 0) is 25.1 Å². The van der Waals surface area contributed by atoms with E-state index in [1.165, 1.54) is 0 Å². The molecule has 0 bridgehead atoms. The van der Waals surface area contributed by atoms with E-state index < -0.39 is 0 Å². The third-order valence-electron chi connectivity index (χ3n) is 4.87. The first-order valence-corrected chi connectivity index (χ1v) is 9.60. The number of nitrogens with one attached hydrogen (secondary N) is 1. The van der Waals surface area contributed by atoms with Crippen molar-refractivity contribution < 1.29 is 9.53 Å². The molecule has 0 aliphatic carbocycles. The molecular weight excluding hydrogens is 380 g/mol. The Morgan fingerprint density at radius 1 is 1.17 bits per heavy atom. The first kappa shape index (κ1) is 19.5. The second kappa shape index (κ2) is 7.90. The van der Waals surface area contributed by atoms with Gasteiger partial charge in [0.25, 0.3) is 0 Å². The van der Waals surface area contributed by atoms with Crippen LogP contribution in [0, 0.1) is 6.92 Å². The summed E-state index contributed by atoms with van der Waals surface area (Å²) in [7, 11) is 3.44. The number of pyridine rings is 1. The molecule has 8 heteroatoms. The molecule has 0 saturated heterocycles. The minimum Gasteiger partial charge on any atom is -0.494 e. The van der Waals surface area contributed by atoms with Crippen molar-refractivity contribution in [3.05, 3.63) is 48.5 Å². The highest BCUT2D eigenvalue weighted by atomic mass is 16.5. The number of ether oxygens (including phenoxy) is 1. The predicted octanol–water partition coefficient (Wildman–Crippen LogP) is 3.76. The number of aryl methyl sites for hydroxylation is 2. The maximum absolute atomic E-state index is 12.0. The van der Waals surface area contributed by atoms with Gasteiger partial charge < -0.3 is 10.1 Å². The van der Waals surface area contributed by atoms with Gasteiger partial charge in [0.2, 0.25) is 5.91 Å². The van der Waals surface area contributed by atoms with Crippen molar-refractivity contribution in [1.82, 2.24) is 24.7 Å². The Kier molecular flexibility index (Phi) is 5.14. The van der Waals surface area contributed by atoms with E-state index in [9.17, 15) is 4.79 Å². The highest BCUT2D eigenvalue weighted by Crippen LogP contribution is 2.36. The molecule has 3 heterocycles. The predicted molar refractivity (Wildman–Crippen MR) is 115 cm³/mol. The number of fused-ring (bicyclic) bond motifs is 1. The van der Waals surface area contributed by atoms with E-state index in [0.717, 1.165) is 33.5 Å². The molecule has 30 heavy (non-hydrogen) atoms. The molecule has 3 aromatic heterocycles. The highest BCUT2D eigenvalue weighted by Gasteiger charge is 2.16. The van der Waals surface area contributed by atoms with Gasteiger partial charge in [0, 0.05) is 42.9 Å². The quantitative estimate of drug-likeness (QED) is 0.546. The lowest BCUT2D eigenvalue weighted by atomic mass is 10.0. The number of hydrogen-bond acceptors (Lipinski definition) is 6. The zero-order valence-electron chi connectivity index (χ0n) is 17.3. The van der Waals surface area contributed by atoms with Gasteiger partial charge in [-0.25, -0.2) is 4.98 Å². The van der Waals surface area contributed by atoms with Crippen molar-refractivity contribution in [2.24, 2.45) is 7.05 Å². The van der Waals surface area contributed by atoms with Crippen LogP contribution in [0.25, 0.3) is 33.5 Å². The number of methoxy groups -OCH3 is 1. The Hall–Kier alpha value is -3.81. The van der Waals surface area contributed by atoms with E-state index in [1.54, 1.807) is 37.3 Å². The normalized spacial score (nSPS) is 10.9. The van der Waals surface area contributed by atoms with Gasteiger partial charge in [-0.15, -0.1) is 0 Å². The molecule has 0 aliphatic heterocycles. The number of benzene rings is 1. The molecular formula is C22H22N6O2. The third kappa shape index (κ3) is 3.59. The third-order valence-corrected chi connectivity index (χ3v) is 4.87. The molecule has 8 nitrogen and oxygen atoms in total. The lowest BCUT2D eigenvalue weighted by molar-refractivity contribution is -0.115. The van der Waals surface area contributed by atoms with E-state index in [2.05, 4.69) is 20.4 Å². The van der Waals surface area contributed by atoms with Gasteiger partial charge >= 0.3 is 0 Å². The van der Waals surface area contributed by atoms with Gasteiger partial charge in [0.1, 0.15) is 5.75 Å². The highest BCUT2D eigenvalue weighted by molar-refractivity contribution is 6.01. The zero-order valence-corrected chi connectivity index (χ0v) is 17.3. The molecule has 0 saturated carbocycles. The molecule has 0 aliphatic rings. The van der Waals surface area contributed by atoms with E-state index in [0.29, 0.717) is 23.6 Å². The average Bonchev–Trinajstić information content (AvgIpc) is 3.19. The van der Waals surface area contributed by atoms with Gasteiger partial charge in [-0.2, -0.15) is 5.10 Å². The summed E-state index contributed by atoms with van der Waals surface area (Å²) in [6.45, 7) is 3.70. The van der Waals surface area contributed by atoms with Crippen LogP contribution in [0.4, 0.5) is 5.69 Å². The van der Waals surface area contributed by atoms with Crippen LogP contribution in [0.15, 0.2) is 42.9 Å². The second-order valence-corrected chi connectivity index (χ2v) is 6.91. The number of carbonyl (C=O) groups is 1. The summed E-state index contributed by atoms with van der Waals surface area (Å²) < 4.78 is 7.28. The Balaban J connectivity index is 2.00. The zero-order chi connectivity index (χ0) is 21.3. The maximum atomic E-state index is 12.0. The van der Waals surface area contributed by atoms with Crippen LogP contribution in [-0.4, -0.2) is 37.7 Å². The Morgan fingerprint density at radius 3 is 2.63 bits per heavy atom. The molecule has 1 N–H and O–H groups in total. The smallest absolute Gasteiger partial charge is 0.224 e. The first-order chi connectivity index (χ1) is 14.5. The summed E-state index contributed by atoms with van der Waals surface area (Å²) in [6.07, 6.45) is 5.58. The van der Waals surface area contributed by atoms with Crippen LogP contribution < -0.4 is 10.1 Å². The fraction of sp³-hybridized carbons (Fsp3) is 0.227. The van der Waals surface area contributed by atoms with E-state index >= 15 is 0 Å². The summed E-state index contributed by atoms with van der Waals surface area (Å²) in [4.78, 5) is 25.8. The Labute approximate surface area is 174 Å². The number of amides is 1.